The van der Waals surface area contributed by atoms with E-state index in [2.05, 4.69) is 54.4 Å². The molecule has 5 heteroatoms. The van der Waals surface area contributed by atoms with Gasteiger partial charge in [0.05, 0.1) is 11.1 Å². The highest BCUT2D eigenvalue weighted by molar-refractivity contribution is 7.14. The molecule has 4 nitrogen and oxygen atoms in total. The molecule has 1 aromatic heterocycles. The molecule has 0 saturated heterocycles. The minimum Gasteiger partial charge on any atom is -0.372 e. The van der Waals surface area contributed by atoms with Crippen LogP contribution < -0.4 is 10.3 Å². The molecule has 0 unspecified atom stereocenters. The van der Waals surface area contributed by atoms with Gasteiger partial charge in [0.2, 0.25) is 0 Å². The fourth-order valence-corrected chi connectivity index (χ4v) is 4.74. The van der Waals surface area contributed by atoms with E-state index in [1.807, 2.05) is 12.1 Å². The number of benzene rings is 1. The maximum absolute atomic E-state index is 12.4. The fraction of sp³-hybridized carbons (Fsp3) is 0.455. The SMILES string of the molecule is CC[C@@H]1CCc2sc(C(=O)N/N=C\c3ccc(N(CC)CC)cc3)cc2C1. The van der Waals surface area contributed by atoms with Crippen LogP contribution in [0, 0.1) is 5.92 Å². The van der Waals surface area contributed by atoms with Crippen LogP contribution >= 0.6 is 11.3 Å². The van der Waals surface area contributed by atoms with E-state index in [4.69, 9.17) is 0 Å². The van der Waals surface area contributed by atoms with Crippen molar-refractivity contribution in [3.63, 3.8) is 0 Å². The lowest BCUT2D eigenvalue weighted by Gasteiger charge is -2.20. The predicted molar refractivity (Wildman–Crippen MR) is 115 cm³/mol. The number of hydrazone groups is 1. The molecule has 0 fully saturated rings. The molecule has 1 amide bonds. The molecule has 1 atom stereocenters. The maximum Gasteiger partial charge on any atom is 0.281 e. The minimum atomic E-state index is -0.113. The molecule has 1 aromatic carbocycles. The first-order valence-corrected chi connectivity index (χ1v) is 10.8. The largest absolute Gasteiger partial charge is 0.372 e. The van der Waals surface area contributed by atoms with Crippen molar-refractivity contribution in [2.45, 2.75) is 46.5 Å². The number of fused-ring (bicyclic) bond motifs is 1. The van der Waals surface area contributed by atoms with Gasteiger partial charge in [-0.15, -0.1) is 11.3 Å². The average molecular weight is 384 g/mol. The van der Waals surface area contributed by atoms with Crippen LogP contribution in [0.5, 0.6) is 0 Å². The van der Waals surface area contributed by atoms with Gasteiger partial charge in [0.1, 0.15) is 0 Å². The molecule has 0 radical (unpaired) electrons. The summed E-state index contributed by atoms with van der Waals surface area (Å²) in [7, 11) is 0. The maximum atomic E-state index is 12.4. The lowest BCUT2D eigenvalue weighted by molar-refractivity contribution is 0.0959. The summed E-state index contributed by atoms with van der Waals surface area (Å²) < 4.78 is 0. The van der Waals surface area contributed by atoms with E-state index in [0.29, 0.717) is 0 Å². The summed E-state index contributed by atoms with van der Waals surface area (Å²) in [5.74, 6) is 0.652. The van der Waals surface area contributed by atoms with E-state index < -0.39 is 0 Å². The highest BCUT2D eigenvalue weighted by Crippen LogP contribution is 2.33. The fourth-order valence-electron chi connectivity index (χ4n) is 3.64. The zero-order valence-electron chi connectivity index (χ0n) is 16.5. The third-order valence-electron chi connectivity index (χ3n) is 5.39. The Bertz CT molecular complexity index is 790. The van der Waals surface area contributed by atoms with Gasteiger partial charge in [0.25, 0.3) is 5.91 Å². The molecule has 2 aromatic rings. The molecule has 1 aliphatic rings. The van der Waals surface area contributed by atoms with Gasteiger partial charge in [-0.05, 0) is 68.4 Å². The van der Waals surface area contributed by atoms with Crippen LogP contribution in [-0.2, 0) is 12.8 Å². The van der Waals surface area contributed by atoms with Crippen molar-refractivity contribution in [1.82, 2.24) is 5.43 Å². The normalized spacial score (nSPS) is 16.3. The molecule has 1 aliphatic carbocycles. The zero-order valence-corrected chi connectivity index (χ0v) is 17.3. The quantitative estimate of drug-likeness (QED) is 0.547. The van der Waals surface area contributed by atoms with E-state index in [0.717, 1.165) is 42.3 Å². The molecule has 0 bridgehead atoms. The smallest absolute Gasteiger partial charge is 0.281 e. The number of amides is 1. The van der Waals surface area contributed by atoms with Gasteiger partial charge in [0, 0.05) is 23.7 Å². The molecule has 1 N–H and O–H groups in total. The summed E-state index contributed by atoms with van der Waals surface area (Å²) in [6.45, 7) is 8.53. The third kappa shape index (κ3) is 4.78. The Balaban J connectivity index is 1.58. The topological polar surface area (TPSA) is 44.7 Å². The van der Waals surface area contributed by atoms with Crippen LogP contribution in [0.2, 0.25) is 0 Å². The van der Waals surface area contributed by atoms with Crippen molar-refractivity contribution in [1.29, 1.82) is 0 Å². The number of carbonyl (C=O) groups is 1. The summed E-state index contributed by atoms with van der Waals surface area (Å²) in [6.07, 6.45) is 6.37. The molecule has 1 heterocycles. The number of hydrogen-bond donors (Lipinski definition) is 1. The van der Waals surface area contributed by atoms with E-state index >= 15 is 0 Å². The van der Waals surface area contributed by atoms with E-state index in [9.17, 15) is 4.79 Å². The average Bonchev–Trinajstić information content (AvgIpc) is 3.13. The second kappa shape index (κ2) is 9.18. The van der Waals surface area contributed by atoms with Gasteiger partial charge < -0.3 is 4.90 Å². The highest BCUT2D eigenvalue weighted by atomic mass is 32.1. The lowest BCUT2D eigenvalue weighted by Crippen LogP contribution is -2.21. The van der Waals surface area contributed by atoms with Crippen LogP contribution in [0.3, 0.4) is 0 Å². The number of nitrogens with zero attached hydrogens (tertiary/aromatic N) is 2. The number of carbonyl (C=O) groups excluding carboxylic acids is 1. The summed E-state index contributed by atoms with van der Waals surface area (Å²) in [5, 5.41) is 4.14. The van der Waals surface area contributed by atoms with Crippen LogP contribution in [0.15, 0.2) is 35.4 Å². The van der Waals surface area contributed by atoms with Gasteiger partial charge in [-0.1, -0.05) is 25.5 Å². The Labute approximate surface area is 166 Å². The van der Waals surface area contributed by atoms with E-state index in [-0.39, 0.29) is 5.91 Å². The summed E-state index contributed by atoms with van der Waals surface area (Å²) in [5.41, 5.74) is 6.21. The molecule has 27 heavy (non-hydrogen) atoms. The Morgan fingerprint density at radius 1 is 1.26 bits per heavy atom. The molecule has 3 rings (SSSR count). The zero-order chi connectivity index (χ0) is 19.2. The van der Waals surface area contributed by atoms with Crippen LogP contribution in [0.25, 0.3) is 0 Å². The number of nitrogens with one attached hydrogen (secondary N) is 1. The van der Waals surface area contributed by atoms with Gasteiger partial charge in [0.15, 0.2) is 0 Å². The Hall–Kier alpha value is -2.14. The number of hydrogen-bond acceptors (Lipinski definition) is 4. The van der Waals surface area contributed by atoms with Gasteiger partial charge in [-0.3, -0.25) is 4.79 Å². The number of thiophene rings is 1. The van der Waals surface area contributed by atoms with Crippen molar-refractivity contribution in [3.05, 3.63) is 51.2 Å². The van der Waals surface area contributed by atoms with Gasteiger partial charge in [-0.2, -0.15) is 5.10 Å². The molecule has 0 saturated carbocycles. The second-order valence-electron chi connectivity index (χ2n) is 7.04. The number of anilines is 1. The Morgan fingerprint density at radius 3 is 2.67 bits per heavy atom. The van der Waals surface area contributed by atoms with Crippen molar-refractivity contribution in [3.8, 4) is 0 Å². The van der Waals surface area contributed by atoms with Crippen molar-refractivity contribution >= 4 is 29.1 Å². The minimum absolute atomic E-state index is 0.113. The molecule has 144 valence electrons. The van der Waals surface area contributed by atoms with Crippen LogP contribution in [0.4, 0.5) is 5.69 Å². The summed E-state index contributed by atoms with van der Waals surface area (Å²) >= 11 is 1.62. The monoisotopic (exact) mass is 383 g/mol. The summed E-state index contributed by atoms with van der Waals surface area (Å²) in [6, 6.07) is 10.3. The van der Waals surface area contributed by atoms with E-state index in [1.54, 1.807) is 17.6 Å². The molecule has 0 aliphatic heterocycles. The molecule has 0 spiro atoms. The Morgan fingerprint density at radius 2 is 2.00 bits per heavy atom. The second-order valence-corrected chi connectivity index (χ2v) is 8.18. The van der Waals surface area contributed by atoms with E-state index in [1.165, 1.54) is 29.0 Å². The summed E-state index contributed by atoms with van der Waals surface area (Å²) in [4.78, 5) is 16.8. The number of aryl methyl sites for hydroxylation is 1. The predicted octanol–water partition coefficient (Wildman–Crippen LogP) is 4.87. The van der Waals surface area contributed by atoms with Crippen molar-refractivity contribution in [2.24, 2.45) is 11.0 Å². The first-order chi connectivity index (χ1) is 13.1. The van der Waals surface area contributed by atoms with Gasteiger partial charge >= 0.3 is 0 Å². The van der Waals surface area contributed by atoms with Crippen LogP contribution in [-0.4, -0.2) is 25.2 Å². The standard InChI is InChI=1S/C22H29N3OS/c1-4-16-9-12-20-18(13-16)14-21(27-20)22(26)24-23-15-17-7-10-19(11-8-17)25(5-2)6-3/h7-8,10-11,14-16H,4-6,9,12-13H2,1-3H3,(H,24,26)/b23-15-/t16-/m1/s1. The van der Waals surface area contributed by atoms with Crippen molar-refractivity contribution < 1.29 is 4.79 Å². The third-order valence-corrected chi connectivity index (χ3v) is 6.62. The Kier molecular flexibility index (Phi) is 6.67. The van der Waals surface area contributed by atoms with Gasteiger partial charge in [-0.25, -0.2) is 5.43 Å². The highest BCUT2D eigenvalue weighted by Gasteiger charge is 2.21. The first kappa shape index (κ1) is 19.6. The molecular formula is C22H29N3OS. The first-order valence-electron chi connectivity index (χ1n) is 9.94. The molecular weight excluding hydrogens is 354 g/mol. The van der Waals surface area contributed by atoms with Crippen LogP contribution in [0.1, 0.15) is 59.3 Å². The number of rotatable bonds is 7. The lowest BCUT2D eigenvalue weighted by atomic mass is 9.87. The van der Waals surface area contributed by atoms with Crippen molar-refractivity contribution in [2.75, 3.05) is 18.0 Å².